The smallest absolute Gasteiger partial charge is 0.355 e. The standard InChI is InChI=1S/C14H12ClF2N3O5S/c1-24-9-6-10(25-2)19-13(18-9)12(21)7-4-3-5-8(15)11(7)20-26(22,23)14(16)17/h3-6,14,20H,1-2H3. The average Bonchev–Trinajstić information content (AvgIpc) is 2.62. The Bertz CT molecular complexity index is 918. The van der Waals surface area contributed by atoms with Crippen LogP contribution in [-0.4, -0.2) is 44.1 Å². The minimum atomic E-state index is -5.05. The number of nitrogens with one attached hydrogen (secondary N) is 1. The fraction of sp³-hybridized carbons (Fsp3) is 0.214. The van der Waals surface area contributed by atoms with Crippen molar-refractivity contribution in [3.05, 3.63) is 40.7 Å². The number of carbonyl (C=O) groups excluding carboxylic acids is 1. The first-order valence-corrected chi connectivity index (χ1v) is 8.72. The summed E-state index contributed by atoms with van der Waals surface area (Å²) in [5, 5.41) is -0.255. The number of halogens is 3. The molecule has 0 fully saturated rings. The van der Waals surface area contributed by atoms with Gasteiger partial charge in [-0.15, -0.1) is 0 Å². The predicted octanol–water partition coefficient (Wildman–Crippen LogP) is 2.34. The molecule has 1 heterocycles. The molecular formula is C14H12ClF2N3O5S. The summed E-state index contributed by atoms with van der Waals surface area (Å²) >= 11 is 5.87. The zero-order valence-electron chi connectivity index (χ0n) is 13.4. The number of benzene rings is 1. The minimum absolute atomic E-state index is 0.0111. The average molecular weight is 408 g/mol. The molecule has 1 aromatic heterocycles. The van der Waals surface area contributed by atoms with Gasteiger partial charge in [0, 0.05) is 0 Å². The summed E-state index contributed by atoms with van der Waals surface area (Å²) < 4.78 is 59.7. The van der Waals surface area contributed by atoms with Crippen molar-refractivity contribution in [2.75, 3.05) is 18.9 Å². The van der Waals surface area contributed by atoms with Crippen molar-refractivity contribution in [2.24, 2.45) is 0 Å². The van der Waals surface area contributed by atoms with Crippen molar-refractivity contribution >= 4 is 33.1 Å². The Morgan fingerprint density at radius 2 is 1.77 bits per heavy atom. The molecule has 0 saturated carbocycles. The molecule has 0 atom stereocenters. The van der Waals surface area contributed by atoms with Crippen LogP contribution >= 0.6 is 11.6 Å². The molecule has 0 aliphatic carbocycles. The number of carbonyl (C=O) groups is 1. The van der Waals surface area contributed by atoms with Gasteiger partial charge in [-0.2, -0.15) is 18.7 Å². The topological polar surface area (TPSA) is 107 Å². The summed E-state index contributed by atoms with van der Waals surface area (Å²) in [6.45, 7) is 0. The number of ether oxygens (including phenoxy) is 2. The highest BCUT2D eigenvalue weighted by molar-refractivity contribution is 7.93. The van der Waals surface area contributed by atoms with Crippen LogP contribution in [0.1, 0.15) is 16.2 Å². The number of para-hydroxylation sites is 1. The Balaban J connectivity index is 2.56. The molecule has 0 aliphatic heterocycles. The predicted molar refractivity (Wildman–Crippen MR) is 88.6 cm³/mol. The third kappa shape index (κ3) is 4.17. The minimum Gasteiger partial charge on any atom is -0.481 e. The molecule has 0 radical (unpaired) electrons. The number of hydrogen-bond donors (Lipinski definition) is 1. The third-order valence-corrected chi connectivity index (χ3v) is 4.31. The van der Waals surface area contributed by atoms with Crippen LogP contribution in [0, 0.1) is 0 Å². The van der Waals surface area contributed by atoms with E-state index in [0.717, 1.165) is 0 Å². The number of hydrogen-bond acceptors (Lipinski definition) is 7. The normalized spacial score (nSPS) is 11.3. The molecule has 2 rings (SSSR count). The largest absolute Gasteiger partial charge is 0.481 e. The molecule has 12 heteroatoms. The molecule has 1 aromatic carbocycles. The maximum atomic E-state index is 12.7. The van der Waals surface area contributed by atoms with Gasteiger partial charge in [-0.25, -0.2) is 8.42 Å². The zero-order chi connectivity index (χ0) is 19.5. The Kier molecular flexibility index (Phi) is 5.93. The quantitative estimate of drug-likeness (QED) is 0.702. The summed E-state index contributed by atoms with van der Waals surface area (Å²) in [4.78, 5) is 20.4. The van der Waals surface area contributed by atoms with Crippen molar-refractivity contribution in [1.82, 2.24) is 9.97 Å². The van der Waals surface area contributed by atoms with Gasteiger partial charge in [-0.1, -0.05) is 17.7 Å². The number of alkyl halides is 2. The fourth-order valence-corrected chi connectivity index (χ4v) is 2.71. The summed E-state index contributed by atoms with van der Waals surface area (Å²) in [7, 11) is -2.44. The van der Waals surface area contributed by atoms with E-state index in [1.54, 1.807) is 4.72 Å². The van der Waals surface area contributed by atoms with Gasteiger partial charge in [0.15, 0.2) is 0 Å². The maximum Gasteiger partial charge on any atom is 0.355 e. The number of rotatable bonds is 7. The van der Waals surface area contributed by atoms with E-state index in [0.29, 0.717) is 0 Å². The summed E-state index contributed by atoms with van der Waals surface area (Å²) in [6, 6.07) is 5.07. The van der Waals surface area contributed by atoms with Crippen LogP contribution in [0.25, 0.3) is 0 Å². The van der Waals surface area contributed by atoms with Crippen LogP contribution in [0.5, 0.6) is 11.8 Å². The lowest BCUT2D eigenvalue weighted by molar-refractivity contribution is 0.102. The van der Waals surface area contributed by atoms with E-state index in [4.69, 9.17) is 21.1 Å². The molecule has 0 saturated heterocycles. The van der Waals surface area contributed by atoms with Crippen LogP contribution in [0.2, 0.25) is 5.02 Å². The SMILES string of the molecule is COc1cc(OC)nc(C(=O)c2cccc(Cl)c2NS(=O)(=O)C(F)F)n1. The summed E-state index contributed by atoms with van der Waals surface area (Å²) in [6.07, 6.45) is 0. The van der Waals surface area contributed by atoms with Crippen LogP contribution < -0.4 is 14.2 Å². The number of sulfonamides is 1. The summed E-state index contributed by atoms with van der Waals surface area (Å²) in [5.41, 5.74) is -0.832. The van der Waals surface area contributed by atoms with Gasteiger partial charge in [0.1, 0.15) is 0 Å². The van der Waals surface area contributed by atoms with Crippen molar-refractivity contribution in [3.8, 4) is 11.8 Å². The Labute approximate surface area is 152 Å². The first kappa shape index (κ1) is 19.8. The third-order valence-electron chi connectivity index (χ3n) is 3.04. The second-order valence-corrected chi connectivity index (χ2v) is 6.73. The van der Waals surface area contributed by atoms with E-state index >= 15 is 0 Å². The van der Waals surface area contributed by atoms with Gasteiger partial charge in [0.25, 0.3) is 10.0 Å². The van der Waals surface area contributed by atoms with Gasteiger partial charge >= 0.3 is 5.76 Å². The van der Waals surface area contributed by atoms with E-state index in [1.807, 2.05) is 0 Å². The van der Waals surface area contributed by atoms with Crippen molar-refractivity contribution in [1.29, 1.82) is 0 Å². The van der Waals surface area contributed by atoms with Gasteiger partial charge in [-0.3, -0.25) is 9.52 Å². The van der Waals surface area contributed by atoms with Crippen molar-refractivity contribution in [2.45, 2.75) is 5.76 Å². The van der Waals surface area contributed by atoms with Crippen molar-refractivity contribution < 1.29 is 31.5 Å². The zero-order valence-corrected chi connectivity index (χ0v) is 14.9. The van der Waals surface area contributed by atoms with E-state index in [-0.39, 0.29) is 22.3 Å². The lowest BCUT2D eigenvalue weighted by atomic mass is 10.1. The maximum absolute atomic E-state index is 12.7. The van der Waals surface area contributed by atoms with Gasteiger partial charge in [-0.05, 0) is 12.1 Å². The van der Waals surface area contributed by atoms with Crippen LogP contribution in [-0.2, 0) is 10.0 Å². The van der Waals surface area contributed by atoms with Crippen molar-refractivity contribution in [3.63, 3.8) is 0 Å². The monoisotopic (exact) mass is 407 g/mol. The second kappa shape index (κ2) is 7.79. The molecule has 0 aliphatic rings. The first-order chi connectivity index (χ1) is 12.2. The number of nitrogens with zero attached hydrogens (tertiary/aromatic N) is 2. The molecule has 26 heavy (non-hydrogen) atoms. The molecule has 140 valence electrons. The highest BCUT2D eigenvalue weighted by Gasteiger charge is 2.28. The van der Waals surface area contributed by atoms with Gasteiger partial charge in [0.2, 0.25) is 23.4 Å². The van der Waals surface area contributed by atoms with Crippen LogP contribution in [0.15, 0.2) is 24.3 Å². The number of methoxy groups -OCH3 is 2. The summed E-state index contributed by atoms with van der Waals surface area (Å²) in [5.74, 6) is -4.97. The van der Waals surface area contributed by atoms with Gasteiger partial charge in [0.05, 0.1) is 36.6 Å². The Morgan fingerprint density at radius 1 is 1.19 bits per heavy atom. The molecule has 0 unspecified atom stereocenters. The molecule has 0 bridgehead atoms. The van der Waals surface area contributed by atoms with E-state index in [1.165, 1.54) is 38.5 Å². The lowest BCUT2D eigenvalue weighted by Gasteiger charge is -2.13. The van der Waals surface area contributed by atoms with E-state index < -0.39 is 33.1 Å². The second-order valence-electron chi connectivity index (χ2n) is 4.68. The highest BCUT2D eigenvalue weighted by Crippen LogP contribution is 2.30. The number of ketones is 1. The molecule has 2 aromatic rings. The molecule has 0 spiro atoms. The van der Waals surface area contributed by atoms with Gasteiger partial charge < -0.3 is 9.47 Å². The fourth-order valence-electron chi connectivity index (χ4n) is 1.84. The number of aromatic nitrogens is 2. The van der Waals surface area contributed by atoms with E-state index in [9.17, 15) is 22.0 Å². The highest BCUT2D eigenvalue weighted by atomic mass is 35.5. The van der Waals surface area contributed by atoms with E-state index in [2.05, 4.69) is 9.97 Å². The molecule has 8 nitrogen and oxygen atoms in total. The Hall–Kier alpha value is -2.53. The van der Waals surface area contributed by atoms with Crippen LogP contribution in [0.4, 0.5) is 14.5 Å². The number of anilines is 1. The lowest BCUT2D eigenvalue weighted by Crippen LogP contribution is -2.22. The molecule has 0 amide bonds. The van der Waals surface area contributed by atoms with Crippen LogP contribution in [0.3, 0.4) is 0 Å². The Morgan fingerprint density at radius 3 is 2.27 bits per heavy atom. The molecular weight excluding hydrogens is 396 g/mol. The first-order valence-electron chi connectivity index (χ1n) is 6.79. The molecule has 1 N–H and O–H groups in total.